The predicted octanol–water partition coefficient (Wildman–Crippen LogP) is 2.70. The fraction of sp³-hybridized carbons (Fsp3) is 0.214. The third-order valence-corrected chi connectivity index (χ3v) is 3.70. The summed E-state index contributed by atoms with van der Waals surface area (Å²) in [7, 11) is 1.57. The molecule has 0 saturated carbocycles. The Morgan fingerprint density at radius 3 is 2.84 bits per heavy atom. The zero-order valence-corrected chi connectivity index (χ0v) is 11.7. The number of carbonyl (C=O) groups excluding carboxylic acids is 1. The maximum atomic E-state index is 12.1. The first-order valence-corrected chi connectivity index (χ1v) is 6.74. The predicted molar refractivity (Wildman–Crippen MR) is 77.6 cm³/mol. The van der Waals surface area contributed by atoms with E-state index in [4.69, 9.17) is 10.5 Å². The molecule has 0 radical (unpaired) electrons. The zero-order valence-electron chi connectivity index (χ0n) is 10.8. The summed E-state index contributed by atoms with van der Waals surface area (Å²) in [6.45, 7) is 1.95. The summed E-state index contributed by atoms with van der Waals surface area (Å²) in [5, 5.41) is 4.71. The minimum atomic E-state index is -0.662. The van der Waals surface area contributed by atoms with Crippen LogP contribution in [-0.2, 0) is 4.79 Å². The van der Waals surface area contributed by atoms with Crippen molar-refractivity contribution in [2.24, 2.45) is 5.73 Å². The van der Waals surface area contributed by atoms with Gasteiger partial charge in [-0.05, 0) is 36.1 Å². The van der Waals surface area contributed by atoms with Crippen molar-refractivity contribution in [1.82, 2.24) is 0 Å². The number of nitrogens with two attached hydrogens (primary N) is 1. The zero-order chi connectivity index (χ0) is 13.8. The second-order valence-corrected chi connectivity index (χ2v) is 5.17. The van der Waals surface area contributed by atoms with Crippen LogP contribution in [0.3, 0.4) is 0 Å². The SMILES string of the molecule is COc1ccc(C)cc1NC(=O)C(N)c1cccs1. The molecule has 19 heavy (non-hydrogen) atoms. The highest BCUT2D eigenvalue weighted by atomic mass is 32.1. The molecule has 0 spiro atoms. The van der Waals surface area contributed by atoms with Gasteiger partial charge in [0.25, 0.3) is 0 Å². The quantitative estimate of drug-likeness (QED) is 0.902. The lowest BCUT2D eigenvalue weighted by Crippen LogP contribution is -2.27. The molecule has 2 aromatic rings. The number of anilines is 1. The summed E-state index contributed by atoms with van der Waals surface area (Å²) in [5.41, 5.74) is 7.60. The number of hydrogen-bond acceptors (Lipinski definition) is 4. The largest absolute Gasteiger partial charge is 0.495 e. The molecule has 5 heteroatoms. The second kappa shape index (κ2) is 5.86. The molecule has 0 aliphatic heterocycles. The van der Waals surface area contributed by atoms with E-state index in [1.807, 2.05) is 42.6 Å². The molecule has 0 saturated heterocycles. The van der Waals surface area contributed by atoms with Gasteiger partial charge in [-0.25, -0.2) is 0 Å². The monoisotopic (exact) mass is 276 g/mol. The van der Waals surface area contributed by atoms with E-state index < -0.39 is 6.04 Å². The molecule has 0 aliphatic rings. The van der Waals surface area contributed by atoms with Crippen molar-refractivity contribution in [3.8, 4) is 5.75 Å². The molecule has 3 N–H and O–H groups in total. The van der Waals surface area contributed by atoms with Gasteiger partial charge in [0.05, 0.1) is 12.8 Å². The highest BCUT2D eigenvalue weighted by molar-refractivity contribution is 7.10. The van der Waals surface area contributed by atoms with Gasteiger partial charge in [0.1, 0.15) is 11.8 Å². The molecule has 0 bridgehead atoms. The third-order valence-electron chi connectivity index (χ3n) is 2.75. The Labute approximate surface area is 116 Å². The molecule has 1 unspecified atom stereocenters. The van der Waals surface area contributed by atoms with E-state index >= 15 is 0 Å². The van der Waals surface area contributed by atoms with Gasteiger partial charge in [-0.15, -0.1) is 11.3 Å². The second-order valence-electron chi connectivity index (χ2n) is 4.19. The highest BCUT2D eigenvalue weighted by Gasteiger charge is 2.18. The molecule has 1 atom stereocenters. The van der Waals surface area contributed by atoms with Gasteiger partial charge in [0.15, 0.2) is 0 Å². The van der Waals surface area contributed by atoms with Crippen LogP contribution in [0.1, 0.15) is 16.5 Å². The van der Waals surface area contributed by atoms with Crippen LogP contribution in [0.2, 0.25) is 0 Å². The molecule has 1 amide bonds. The van der Waals surface area contributed by atoms with Gasteiger partial charge in [0, 0.05) is 4.88 Å². The molecule has 0 aliphatic carbocycles. The van der Waals surface area contributed by atoms with Gasteiger partial charge in [-0.1, -0.05) is 12.1 Å². The Balaban J connectivity index is 2.17. The van der Waals surface area contributed by atoms with Gasteiger partial charge in [-0.2, -0.15) is 0 Å². The lowest BCUT2D eigenvalue weighted by Gasteiger charge is -2.14. The summed E-state index contributed by atoms with van der Waals surface area (Å²) < 4.78 is 5.22. The molecular formula is C14H16N2O2S. The molecule has 100 valence electrons. The third kappa shape index (κ3) is 3.13. The Morgan fingerprint density at radius 2 is 2.21 bits per heavy atom. The van der Waals surface area contributed by atoms with E-state index in [1.54, 1.807) is 7.11 Å². The number of benzene rings is 1. The first-order valence-electron chi connectivity index (χ1n) is 5.86. The van der Waals surface area contributed by atoms with Crippen LogP contribution < -0.4 is 15.8 Å². The number of hydrogen-bond donors (Lipinski definition) is 2. The lowest BCUT2D eigenvalue weighted by atomic mass is 10.2. The molecule has 1 aromatic carbocycles. The smallest absolute Gasteiger partial charge is 0.246 e. The van der Waals surface area contributed by atoms with E-state index in [1.165, 1.54) is 11.3 Å². The van der Waals surface area contributed by atoms with Crippen LogP contribution in [-0.4, -0.2) is 13.0 Å². The van der Waals surface area contributed by atoms with Crippen LogP contribution in [0.25, 0.3) is 0 Å². The minimum absolute atomic E-state index is 0.244. The van der Waals surface area contributed by atoms with Crippen molar-refractivity contribution in [3.63, 3.8) is 0 Å². The molecule has 1 heterocycles. The summed E-state index contributed by atoms with van der Waals surface area (Å²) >= 11 is 1.47. The number of methoxy groups -OCH3 is 1. The van der Waals surface area contributed by atoms with Crippen LogP contribution in [0.5, 0.6) is 5.75 Å². The van der Waals surface area contributed by atoms with Crippen molar-refractivity contribution in [2.75, 3.05) is 12.4 Å². The maximum Gasteiger partial charge on any atom is 0.246 e. The van der Waals surface area contributed by atoms with Crippen LogP contribution in [0.15, 0.2) is 35.7 Å². The highest BCUT2D eigenvalue weighted by Crippen LogP contribution is 2.26. The van der Waals surface area contributed by atoms with E-state index in [0.29, 0.717) is 11.4 Å². The van der Waals surface area contributed by atoms with Crippen LogP contribution in [0, 0.1) is 6.92 Å². The molecule has 2 rings (SSSR count). The van der Waals surface area contributed by atoms with Crippen LogP contribution >= 0.6 is 11.3 Å². The van der Waals surface area contributed by atoms with Crippen molar-refractivity contribution in [3.05, 3.63) is 46.2 Å². The fourth-order valence-electron chi connectivity index (χ4n) is 1.73. The first-order chi connectivity index (χ1) is 9.11. The topological polar surface area (TPSA) is 64.3 Å². The van der Waals surface area contributed by atoms with Crippen molar-refractivity contribution < 1.29 is 9.53 Å². The Morgan fingerprint density at radius 1 is 1.42 bits per heavy atom. The number of rotatable bonds is 4. The molecular weight excluding hydrogens is 260 g/mol. The summed E-state index contributed by atoms with van der Waals surface area (Å²) in [5.74, 6) is 0.378. The number of aryl methyl sites for hydroxylation is 1. The van der Waals surface area contributed by atoms with E-state index in [0.717, 1.165) is 10.4 Å². The summed E-state index contributed by atoms with van der Waals surface area (Å²) in [6.07, 6.45) is 0. The number of ether oxygens (including phenoxy) is 1. The maximum absolute atomic E-state index is 12.1. The lowest BCUT2D eigenvalue weighted by molar-refractivity contribution is -0.117. The number of amides is 1. The van der Waals surface area contributed by atoms with Crippen molar-refractivity contribution >= 4 is 22.9 Å². The first kappa shape index (κ1) is 13.6. The normalized spacial score (nSPS) is 11.9. The standard InChI is InChI=1S/C14H16N2O2S/c1-9-5-6-11(18-2)10(8-9)16-14(17)13(15)12-4-3-7-19-12/h3-8,13H,15H2,1-2H3,(H,16,17). The van der Waals surface area contributed by atoms with Crippen molar-refractivity contribution in [2.45, 2.75) is 13.0 Å². The number of nitrogens with one attached hydrogen (secondary N) is 1. The van der Waals surface area contributed by atoms with Crippen LogP contribution in [0.4, 0.5) is 5.69 Å². The summed E-state index contributed by atoms with van der Waals surface area (Å²) in [6, 6.07) is 8.67. The van der Waals surface area contributed by atoms with E-state index in [9.17, 15) is 4.79 Å². The molecule has 0 fully saturated rings. The molecule has 4 nitrogen and oxygen atoms in total. The fourth-order valence-corrected chi connectivity index (χ4v) is 2.45. The number of carbonyl (C=O) groups is 1. The number of thiophene rings is 1. The van der Waals surface area contributed by atoms with Gasteiger partial charge >= 0.3 is 0 Å². The van der Waals surface area contributed by atoms with Gasteiger partial charge < -0.3 is 15.8 Å². The Bertz CT molecular complexity index is 567. The average Bonchev–Trinajstić information content (AvgIpc) is 2.92. The Hall–Kier alpha value is -1.85. The van der Waals surface area contributed by atoms with Gasteiger partial charge in [0.2, 0.25) is 5.91 Å². The van der Waals surface area contributed by atoms with E-state index in [2.05, 4.69) is 5.32 Å². The Kier molecular flexibility index (Phi) is 4.19. The van der Waals surface area contributed by atoms with Gasteiger partial charge in [-0.3, -0.25) is 4.79 Å². The van der Waals surface area contributed by atoms with E-state index in [-0.39, 0.29) is 5.91 Å². The van der Waals surface area contributed by atoms with Crippen molar-refractivity contribution in [1.29, 1.82) is 0 Å². The average molecular weight is 276 g/mol. The summed E-state index contributed by atoms with van der Waals surface area (Å²) in [4.78, 5) is 12.9. The minimum Gasteiger partial charge on any atom is -0.495 e. The molecule has 1 aromatic heterocycles.